The minimum absolute atomic E-state index is 0.0573. The van der Waals surface area contributed by atoms with E-state index in [0.717, 1.165) is 22.4 Å². The van der Waals surface area contributed by atoms with E-state index in [1.807, 2.05) is 67.6 Å². The van der Waals surface area contributed by atoms with Crippen LogP contribution in [-0.4, -0.2) is 36.5 Å². The van der Waals surface area contributed by atoms with Crippen LogP contribution in [-0.2, 0) is 16.1 Å². The Labute approximate surface area is 215 Å². The monoisotopic (exact) mass is 492 g/mol. The van der Waals surface area contributed by atoms with E-state index in [-0.39, 0.29) is 17.9 Å². The molecule has 0 bridgehead atoms. The van der Waals surface area contributed by atoms with Crippen LogP contribution in [0.5, 0.6) is 0 Å². The Morgan fingerprint density at radius 2 is 1.70 bits per heavy atom. The maximum Gasteiger partial charge on any atom is 0.295 e. The van der Waals surface area contributed by atoms with Crippen LogP contribution in [0, 0.1) is 6.92 Å². The Bertz CT molecular complexity index is 1470. The molecule has 1 fully saturated rings. The van der Waals surface area contributed by atoms with Crippen molar-refractivity contribution in [3.63, 3.8) is 0 Å². The van der Waals surface area contributed by atoms with Gasteiger partial charge in [-0.1, -0.05) is 62.4 Å². The van der Waals surface area contributed by atoms with Crippen molar-refractivity contribution in [1.29, 1.82) is 0 Å². The summed E-state index contributed by atoms with van der Waals surface area (Å²) in [5.74, 6) is -1.27. The van der Waals surface area contributed by atoms with Gasteiger partial charge in [0.1, 0.15) is 5.76 Å². The van der Waals surface area contributed by atoms with E-state index in [0.29, 0.717) is 17.2 Å². The van der Waals surface area contributed by atoms with Gasteiger partial charge in [-0.2, -0.15) is 5.10 Å². The molecule has 1 aliphatic heterocycles. The van der Waals surface area contributed by atoms with Crippen molar-refractivity contribution in [3.8, 4) is 5.69 Å². The largest absolute Gasteiger partial charge is 0.507 e. The fourth-order valence-corrected chi connectivity index (χ4v) is 4.76. The SMILES string of the molecule is Cc1c(/C(O)=C2\C(=O)C(=O)N(Cc3cccnc3)C2c2ccc(C(C)C)cc2)cnn1-c1ccccc1. The Morgan fingerprint density at radius 3 is 2.35 bits per heavy atom. The molecule has 0 radical (unpaired) electrons. The summed E-state index contributed by atoms with van der Waals surface area (Å²) in [5, 5.41) is 16.0. The van der Waals surface area contributed by atoms with E-state index < -0.39 is 17.7 Å². The lowest BCUT2D eigenvalue weighted by Gasteiger charge is -2.25. The molecule has 1 aliphatic rings. The molecule has 2 aromatic heterocycles. The lowest BCUT2D eigenvalue weighted by Crippen LogP contribution is -2.29. The lowest BCUT2D eigenvalue weighted by molar-refractivity contribution is -0.140. The molecule has 5 rings (SSSR count). The van der Waals surface area contributed by atoms with Gasteiger partial charge in [-0.25, -0.2) is 4.68 Å². The smallest absolute Gasteiger partial charge is 0.295 e. The number of hydrogen-bond acceptors (Lipinski definition) is 5. The second-order valence-electron chi connectivity index (χ2n) is 9.50. The number of nitrogens with zero attached hydrogens (tertiary/aromatic N) is 4. The number of rotatable bonds is 6. The number of aliphatic hydroxyl groups is 1. The zero-order chi connectivity index (χ0) is 26.1. The summed E-state index contributed by atoms with van der Waals surface area (Å²) < 4.78 is 1.70. The fraction of sp³-hybridized carbons (Fsp3) is 0.200. The van der Waals surface area contributed by atoms with E-state index in [2.05, 4.69) is 23.9 Å². The van der Waals surface area contributed by atoms with Gasteiger partial charge in [0.25, 0.3) is 11.7 Å². The summed E-state index contributed by atoms with van der Waals surface area (Å²) >= 11 is 0. The van der Waals surface area contributed by atoms with Crippen LogP contribution in [0.1, 0.15) is 53.8 Å². The van der Waals surface area contributed by atoms with Gasteiger partial charge in [-0.05, 0) is 47.7 Å². The molecule has 1 N–H and O–H groups in total. The van der Waals surface area contributed by atoms with E-state index in [9.17, 15) is 14.7 Å². The Kier molecular flexibility index (Phi) is 6.44. The minimum Gasteiger partial charge on any atom is -0.507 e. The van der Waals surface area contributed by atoms with E-state index in [1.54, 1.807) is 23.1 Å². The first kappa shape index (κ1) is 24.2. The number of aliphatic hydroxyl groups excluding tert-OH is 1. The molecular weight excluding hydrogens is 464 g/mol. The molecule has 4 aromatic rings. The van der Waals surface area contributed by atoms with Gasteiger partial charge in [-0.15, -0.1) is 0 Å². The highest BCUT2D eigenvalue weighted by molar-refractivity contribution is 6.46. The fourth-order valence-electron chi connectivity index (χ4n) is 4.76. The van der Waals surface area contributed by atoms with E-state index >= 15 is 0 Å². The minimum atomic E-state index is -0.749. The van der Waals surface area contributed by atoms with Crippen molar-refractivity contribution in [2.45, 2.75) is 39.3 Å². The maximum absolute atomic E-state index is 13.4. The molecule has 0 spiro atoms. The van der Waals surface area contributed by atoms with Crippen molar-refractivity contribution < 1.29 is 14.7 Å². The van der Waals surface area contributed by atoms with Gasteiger partial charge >= 0.3 is 0 Å². The third-order valence-electron chi connectivity index (χ3n) is 6.80. The number of likely N-dealkylation sites (tertiary alicyclic amines) is 1. The second-order valence-corrected chi connectivity index (χ2v) is 9.50. The van der Waals surface area contributed by atoms with Crippen LogP contribution in [0.2, 0.25) is 0 Å². The standard InChI is InChI=1S/C30H28N4O3/c1-19(2)22-11-13-23(14-12-22)27-26(29(36)30(37)33(27)18-21-8-7-15-31-16-21)28(35)25-17-32-34(20(25)3)24-9-5-4-6-10-24/h4-17,19,27,35H,18H2,1-3H3/b28-26+. The summed E-state index contributed by atoms with van der Waals surface area (Å²) in [5.41, 5.74) is 4.65. The zero-order valence-electron chi connectivity index (χ0n) is 21.0. The van der Waals surface area contributed by atoms with Crippen LogP contribution >= 0.6 is 0 Å². The second kappa shape index (κ2) is 9.85. The van der Waals surface area contributed by atoms with E-state index in [1.165, 1.54) is 11.1 Å². The van der Waals surface area contributed by atoms with Crippen LogP contribution in [0.25, 0.3) is 11.4 Å². The van der Waals surface area contributed by atoms with Crippen molar-refractivity contribution in [3.05, 3.63) is 119 Å². The van der Waals surface area contributed by atoms with Gasteiger partial charge in [0.15, 0.2) is 0 Å². The molecule has 0 saturated carbocycles. The highest BCUT2D eigenvalue weighted by atomic mass is 16.3. The number of ketones is 1. The third-order valence-corrected chi connectivity index (χ3v) is 6.80. The highest BCUT2D eigenvalue weighted by Gasteiger charge is 2.46. The van der Waals surface area contributed by atoms with Gasteiger partial charge in [0.2, 0.25) is 0 Å². The number of pyridine rings is 1. The number of aromatic nitrogens is 3. The van der Waals surface area contributed by atoms with Gasteiger partial charge < -0.3 is 10.0 Å². The quantitative estimate of drug-likeness (QED) is 0.224. The predicted octanol–water partition coefficient (Wildman–Crippen LogP) is 5.32. The number of carbonyl (C=O) groups is 2. The summed E-state index contributed by atoms with van der Waals surface area (Å²) in [6, 6.07) is 20.3. The normalized spacial score (nSPS) is 17.1. The summed E-state index contributed by atoms with van der Waals surface area (Å²) in [7, 11) is 0. The van der Waals surface area contributed by atoms with E-state index in [4.69, 9.17) is 0 Å². The maximum atomic E-state index is 13.4. The highest BCUT2D eigenvalue weighted by Crippen LogP contribution is 2.41. The number of para-hydroxylation sites is 1. The van der Waals surface area contributed by atoms with Crippen LogP contribution in [0.4, 0.5) is 0 Å². The Morgan fingerprint density at radius 1 is 0.973 bits per heavy atom. The molecule has 1 amide bonds. The molecule has 0 aliphatic carbocycles. The number of hydrogen-bond donors (Lipinski definition) is 1. The molecule has 2 aromatic carbocycles. The number of benzene rings is 2. The van der Waals surface area contributed by atoms with Crippen molar-refractivity contribution in [1.82, 2.24) is 19.7 Å². The molecular formula is C30H28N4O3. The number of Topliss-reactive ketones (excluding diaryl/α,β-unsaturated/α-hetero) is 1. The average Bonchev–Trinajstić information content (AvgIpc) is 3.42. The molecule has 1 atom stereocenters. The molecule has 37 heavy (non-hydrogen) atoms. The molecule has 1 saturated heterocycles. The Balaban J connectivity index is 1.64. The average molecular weight is 493 g/mol. The van der Waals surface area contributed by atoms with Gasteiger partial charge in [0.05, 0.1) is 34.8 Å². The number of amides is 1. The summed E-state index contributed by atoms with van der Waals surface area (Å²) in [6.45, 7) is 6.23. The van der Waals surface area contributed by atoms with Crippen LogP contribution in [0.3, 0.4) is 0 Å². The predicted molar refractivity (Wildman–Crippen MR) is 141 cm³/mol. The number of carbonyl (C=O) groups excluding carboxylic acids is 2. The van der Waals surface area contributed by atoms with Crippen molar-refractivity contribution in [2.75, 3.05) is 0 Å². The van der Waals surface area contributed by atoms with Crippen molar-refractivity contribution in [2.24, 2.45) is 0 Å². The van der Waals surface area contributed by atoms with Crippen LogP contribution in [0.15, 0.2) is 90.9 Å². The molecule has 7 heteroatoms. The van der Waals surface area contributed by atoms with Gasteiger partial charge in [0, 0.05) is 18.9 Å². The summed E-state index contributed by atoms with van der Waals surface area (Å²) in [4.78, 5) is 32.4. The topological polar surface area (TPSA) is 88.3 Å². The first-order chi connectivity index (χ1) is 17.9. The third kappa shape index (κ3) is 4.44. The molecule has 186 valence electrons. The molecule has 7 nitrogen and oxygen atoms in total. The first-order valence-corrected chi connectivity index (χ1v) is 12.2. The molecule has 1 unspecified atom stereocenters. The van der Waals surface area contributed by atoms with Crippen LogP contribution < -0.4 is 0 Å². The van der Waals surface area contributed by atoms with Crippen molar-refractivity contribution >= 4 is 17.4 Å². The lowest BCUT2D eigenvalue weighted by atomic mass is 9.93. The van der Waals surface area contributed by atoms with Gasteiger partial charge in [-0.3, -0.25) is 14.6 Å². The Hall–Kier alpha value is -4.52. The zero-order valence-corrected chi connectivity index (χ0v) is 21.0. The molecule has 3 heterocycles. The summed E-state index contributed by atoms with van der Waals surface area (Å²) in [6.07, 6.45) is 4.87. The first-order valence-electron chi connectivity index (χ1n) is 12.2.